The van der Waals surface area contributed by atoms with Gasteiger partial charge in [0.2, 0.25) is 0 Å². The summed E-state index contributed by atoms with van der Waals surface area (Å²) in [6.07, 6.45) is 2.25. The smallest absolute Gasteiger partial charge is 0.128 e. The number of methoxy groups -OCH3 is 1. The van der Waals surface area contributed by atoms with Gasteiger partial charge in [-0.25, -0.2) is 0 Å². The maximum absolute atomic E-state index is 5.63. The van der Waals surface area contributed by atoms with E-state index in [2.05, 4.69) is 22.0 Å². The molecule has 4 rings (SSSR count). The Labute approximate surface area is 117 Å². The lowest BCUT2D eigenvalue weighted by atomic mass is 10.1. The van der Waals surface area contributed by atoms with E-state index in [1.165, 1.54) is 32.8 Å². The van der Waals surface area contributed by atoms with Crippen LogP contribution in [0.5, 0.6) is 5.75 Å². The number of nitrogens with one attached hydrogen (secondary N) is 1. The Bertz CT molecular complexity index is 647. The lowest BCUT2D eigenvalue weighted by Gasteiger charge is -2.18. The maximum atomic E-state index is 5.63. The highest BCUT2D eigenvalue weighted by Gasteiger charge is 2.25. The van der Waals surface area contributed by atoms with Crippen molar-refractivity contribution in [3.63, 3.8) is 0 Å². The molecular formula is C15H18N2OS. The van der Waals surface area contributed by atoms with E-state index < -0.39 is 0 Å². The van der Waals surface area contributed by atoms with Crippen LogP contribution in [0.15, 0.2) is 17.0 Å². The molecular weight excluding hydrogens is 256 g/mol. The summed E-state index contributed by atoms with van der Waals surface area (Å²) in [5.41, 5.74) is 4.47. The van der Waals surface area contributed by atoms with E-state index in [0.29, 0.717) is 0 Å². The molecule has 0 aliphatic carbocycles. The van der Waals surface area contributed by atoms with Crippen LogP contribution in [0, 0.1) is 0 Å². The fourth-order valence-corrected chi connectivity index (χ4v) is 4.44. The molecule has 19 heavy (non-hydrogen) atoms. The Balaban J connectivity index is 2.11. The zero-order valence-electron chi connectivity index (χ0n) is 11.2. The van der Waals surface area contributed by atoms with Gasteiger partial charge in [-0.2, -0.15) is 0 Å². The Morgan fingerprint density at radius 2 is 2.16 bits per heavy atom. The molecule has 3 nitrogen and oxygen atoms in total. The van der Waals surface area contributed by atoms with Gasteiger partial charge in [0.25, 0.3) is 0 Å². The number of benzene rings is 1. The predicted molar refractivity (Wildman–Crippen MR) is 79.5 cm³/mol. The van der Waals surface area contributed by atoms with Crippen molar-refractivity contribution in [3.05, 3.63) is 23.4 Å². The Morgan fingerprint density at radius 1 is 1.26 bits per heavy atom. The first-order valence-corrected chi connectivity index (χ1v) is 7.93. The highest BCUT2D eigenvalue weighted by Crippen LogP contribution is 2.42. The summed E-state index contributed by atoms with van der Waals surface area (Å²) in [4.78, 5) is 1.42. The van der Waals surface area contributed by atoms with Gasteiger partial charge in [0.05, 0.1) is 12.6 Å². The molecule has 100 valence electrons. The van der Waals surface area contributed by atoms with Crippen molar-refractivity contribution in [1.29, 1.82) is 0 Å². The minimum Gasteiger partial charge on any atom is -0.496 e. The van der Waals surface area contributed by atoms with Gasteiger partial charge >= 0.3 is 0 Å². The molecule has 0 saturated heterocycles. The summed E-state index contributed by atoms with van der Waals surface area (Å²) in [6, 6.07) is 4.36. The van der Waals surface area contributed by atoms with Crippen LogP contribution in [-0.2, 0) is 19.4 Å². The minimum absolute atomic E-state index is 1.04. The number of rotatable bonds is 1. The van der Waals surface area contributed by atoms with Gasteiger partial charge in [-0.15, -0.1) is 11.8 Å². The zero-order valence-corrected chi connectivity index (χ0v) is 12.0. The summed E-state index contributed by atoms with van der Waals surface area (Å²) in [5.74, 6) is 2.22. The molecule has 1 N–H and O–H groups in total. The van der Waals surface area contributed by atoms with E-state index in [1.807, 2.05) is 11.8 Å². The number of aryl methyl sites for hydroxylation is 1. The largest absolute Gasteiger partial charge is 0.496 e. The van der Waals surface area contributed by atoms with E-state index in [0.717, 1.165) is 38.2 Å². The van der Waals surface area contributed by atoms with Crippen molar-refractivity contribution in [3.8, 4) is 5.75 Å². The second kappa shape index (κ2) is 4.46. The van der Waals surface area contributed by atoms with Crippen molar-refractivity contribution < 1.29 is 4.74 Å². The fourth-order valence-electron chi connectivity index (χ4n) is 3.44. The predicted octanol–water partition coefficient (Wildman–Crippen LogP) is 2.44. The summed E-state index contributed by atoms with van der Waals surface area (Å²) >= 11 is 1.98. The minimum atomic E-state index is 1.04. The van der Waals surface area contributed by atoms with Crippen molar-refractivity contribution in [2.24, 2.45) is 0 Å². The summed E-state index contributed by atoms with van der Waals surface area (Å²) in [5, 5.41) is 4.87. The van der Waals surface area contributed by atoms with Crippen LogP contribution in [0.2, 0.25) is 0 Å². The highest BCUT2D eigenvalue weighted by molar-refractivity contribution is 7.99. The van der Waals surface area contributed by atoms with Crippen molar-refractivity contribution in [2.75, 3.05) is 26.0 Å². The first kappa shape index (κ1) is 11.7. The summed E-state index contributed by atoms with van der Waals surface area (Å²) in [6.45, 7) is 3.30. The Kier molecular flexibility index (Phi) is 2.74. The number of thioether (sulfide) groups is 1. The number of hydrogen-bond acceptors (Lipinski definition) is 3. The van der Waals surface area contributed by atoms with Crippen LogP contribution in [0.4, 0.5) is 0 Å². The standard InChI is InChI=1S/C15H18N2OS/c1-18-12-2-3-13-15-14(12)10-4-6-16-7-5-11(10)17(15)8-9-19-13/h2-3,16H,4-9H2,1H3. The average molecular weight is 274 g/mol. The number of nitrogens with zero attached hydrogens (tertiary/aromatic N) is 1. The van der Waals surface area contributed by atoms with Crippen molar-refractivity contribution in [2.45, 2.75) is 24.3 Å². The average Bonchev–Trinajstić information content (AvgIpc) is 2.64. The zero-order chi connectivity index (χ0) is 12.8. The first-order chi connectivity index (χ1) is 9.40. The molecule has 1 aromatic heterocycles. The molecule has 0 atom stereocenters. The molecule has 0 unspecified atom stereocenters. The number of hydrogen-bond donors (Lipinski definition) is 1. The van der Waals surface area contributed by atoms with Crippen LogP contribution >= 0.6 is 11.8 Å². The van der Waals surface area contributed by atoms with Gasteiger partial charge in [-0.1, -0.05) is 0 Å². The number of aromatic nitrogens is 1. The van der Waals surface area contributed by atoms with Crippen LogP contribution in [0.3, 0.4) is 0 Å². The molecule has 2 aliphatic heterocycles. The third kappa shape index (κ3) is 1.63. The monoisotopic (exact) mass is 274 g/mol. The van der Waals surface area contributed by atoms with Gasteiger partial charge in [-0.05, 0) is 30.7 Å². The quantitative estimate of drug-likeness (QED) is 0.865. The summed E-state index contributed by atoms with van der Waals surface area (Å²) < 4.78 is 8.18. The lowest BCUT2D eigenvalue weighted by molar-refractivity contribution is 0.419. The molecule has 1 aromatic carbocycles. The molecule has 3 heterocycles. The van der Waals surface area contributed by atoms with E-state index in [1.54, 1.807) is 7.11 Å². The molecule has 4 heteroatoms. The van der Waals surface area contributed by atoms with E-state index in [4.69, 9.17) is 4.74 Å². The lowest BCUT2D eigenvalue weighted by Crippen LogP contribution is -2.18. The molecule has 0 saturated carbocycles. The fraction of sp³-hybridized carbons (Fsp3) is 0.467. The molecule has 0 spiro atoms. The third-order valence-electron chi connectivity index (χ3n) is 4.23. The van der Waals surface area contributed by atoms with E-state index in [9.17, 15) is 0 Å². The van der Waals surface area contributed by atoms with Gasteiger partial charge in [0.15, 0.2) is 0 Å². The first-order valence-electron chi connectivity index (χ1n) is 6.94. The van der Waals surface area contributed by atoms with Gasteiger partial charge in [0.1, 0.15) is 5.75 Å². The SMILES string of the molecule is COc1ccc2c3c1c1c(n3CCS2)CCNCC1. The molecule has 2 aromatic rings. The maximum Gasteiger partial charge on any atom is 0.128 e. The second-order valence-corrected chi connectivity index (χ2v) is 6.30. The molecule has 2 aliphatic rings. The normalized spacial score (nSPS) is 18.2. The molecule has 0 radical (unpaired) electrons. The van der Waals surface area contributed by atoms with Crippen LogP contribution in [0.25, 0.3) is 10.9 Å². The molecule has 0 bridgehead atoms. The van der Waals surface area contributed by atoms with Crippen molar-refractivity contribution in [1.82, 2.24) is 9.88 Å². The Hall–Kier alpha value is -1.13. The molecule has 0 fully saturated rings. The number of fused-ring (bicyclic) bond motifs is 3. The summed E-state index contributed by atoms with van der Waals surface area (Å²) in [7, 11) is 1.78. The van der Waals surface area contributed by atoms with Crippen molar-refractivity contribution >= 4 is 22.7 Å². The van der Waals surface area contributed by atoms with Gasteiger partial charge < -0.3 is 14.6 Å². The second-order valence-electron chi connectivity index (χ2n) is 5.16. The number of ether oxygens (including phenoxy) is 1. The topological polar surface area (TPSA) is 26.2 Å². The van der Waals surface area contributed by atoms with Crippen LogP contribution in [0.1, 0.15) is 11.3 Å². The van der Waals surface area contributed by atoms with Crippen LogP contribution < -0.4 is 10.1 Å². The van der Waals surface area contributed by atoms with Gasteiger partial charge in [-0.3, -0.25) is 0 Å². The molecule has 0 amide bonds. The van der Waals surface area contributed by atoms with Gasteiger partial charge in [0, 0.05) is 41.2 Å². The third-order valence-corrected chi connectivity index (χ3v) is 5.26. The van der Waals surface area contributed by atoms with E-state index in [-0.39, 0.29) is 0 Å². The Morgan fingerprint density at radius 3 is 3.05 bits per heavy atom. The van der Waals surface area contributed by atoms with Crippen LogP contribution in [-0.4, -0.2) is 30.5 Å². The van der Waals surface area contributed by atoms with E-state index >= 15 is 0 Å². The highest BCUT2D eigenvalue weighted by atomic mass is 32.2.